The lowest BCUT2D eigenvalue weighted by atomic mass is 9.90. The standard InChI is InChI=1S/C20H28ClN3O3.ClH/c1-13(22)14-7-10-23(11-8-14)20(26)17-4-3-9-24(17)19(25)16-12-15(21)5-6-18(16)27-2;/h5-6,12-14,17H,3-4,7-11,22H2,1-2H3;1H. The minimum Gasteiger partial charge on any atom is -0.496 e. The van der Waals surface area contributed by atoms with Crippen molar-refractivity contribution >= 4 is 35.8 Å². The van der Waals surface area contributed by atoms with Crippen LogP contribution in [-0.4, -0.2) is 60.4 Å². The number of rotatable bonds is 4. The maximum Gasteiger partial charge on any atom is 0.258 e. The van der Waals surface area contributed by atoms with Gasteiger partial charge in [0, 0.05) is 30.7 Å². The average Bonchev–Trinajstić information content (AvgIpc) is 3.16. The summed E-state index contributed by atoms with van der Waals surface area (Å²) in [6.45, 7) is 4.02. The van der Waals surface area contributed by atoms with E-state index in [0.29, 0.717) is 48.3 Å². The Hall–Kier alpha value is -1.50. The number of hydrogen-bond acceptors (Lipinski definition) is 4. The highest BCUT2D eigenvalue weighted by atomic mass is 35.5. The fourth-order valence-electron chi connectivity index (χ4n) is 4.12. The maximum absolute atomic E-state index is 13.1. The van der Waals surface area contributed by atoms with Crippen LogP contribution in [0.5, 0.6) is 5.75 Å². The van der Waals surface area contributed by atoms with Crippen LogP contribution < -0.4 is 10.5 Å². The lowest BCUT2D eigenvalue weighted by molar-refractivity contribution is -0.136. The van der Waals surface area contributed by atoms with Gasteiger partial charge in [0.05, 0.1) is 12.7 Å². The predicted octanol–water partition coefficient (Wildman–Crippen LogP) is 2.96. The third-order valence-electron chi connectivity index (χ3n) is 5.79. The second kappa shape index (κ2) is 9.81. The molecule has 2 atom stereocenters. The predicted molar refractivity (Wildman–Crippen MR) is 112 cm³/mol. The summed E-state index contributed by atoms with van der Waals surface area (Å²) in [5.74, 6) is 0.784. The summed E-state index contributed by atoms with van der Waals surface area (Å²) >= 11 is 6.07. The van der Waals surface area contributed by atoms with E-state index in [1.54, 1.807) is 23.1 Å². The van der Waals surface area contributed by atoms with Crippen molar-refractivity contribution in [3.8, 4) is 5.75 Å². The zero-order valence-electron chi connectivity index (χ0n) is 16.4. The molecule has 0 radical (unpaired) electrons. The largest absolute Gasteiger partial charge is 0.496 e. The number of nitrogens with two attached hydrogens (primary N) is 1. The summed E-state index contributed by atoms with van der Waals surface area (Å²) in [6, 6.07) is 4.72. The van der Waals surface area contributed by atoms with Gasteiger partial charge in [-0.2, -0.15) is 0 Å². The summed E-state index contributed by atoms with van der Waals surface area (Å²) in [6.07, 6.45) is 3.36. The average molecular weight is 430 g/mol. The first-order valence-corrected chi connectivity index (χ1v) is 9.99. The normalized spacial score (nSPS) is 21.2. The minimum atomic E-state index is -0.409. The quantitative estimate of drug-likeness (QED) is 0.797. The number of benzene rings is 1. The van der Waals surface area contributed by atoms with Gasteiger partial charge in [-0.1, -0.05) is 11.6 Å². The Morgan fingerprint density at radius 3 is 2.50 bits per heavy atom. The molecule has 0 aromatic heterocycles. The molecule has 28 heavy (non-hydrogen) atoms. The highest BCUT2D eigenvalue weighted by Crippen LogP contribution is 2.29. The molecule has 2 aliphatic rings. The molecule has 2 amide bonds. The van der Waals surface area contributed by atoms with Gasteiger partial charge in [0.15, 0.2) is 0 Å². The number of hydrogen-bond donors (Lipinski definition) is 1. The van der Waals surface area contributed by atoms with Crippen LogP contribution in [0, 0.1) is 5.92 Å². The van der Waals surface area contributed by atoms with E-state index >= 15 is 0 Å². The molecule has 6 nitrogen and oxygen atoms in total. The fourth-order valence-corrected chi connectivity index (χ4v) is 4.30. The molecule has 0 spiro atoms. The van der Waals surface area contributed by atoms with E-state index in [9.17, 15) is 9.59 Å². The minimum absolute atomic E-state index is 0. The van der Waals surface area contributed by atoms with Gasteiger partial charge in [0.2, 0.25) is 5.91 Å². The second-order valence-electron chi connectivity index (χ2n) is 7.52. The van der Waals surface area contributed by atoms with Crippen molar-refractivity contribution in [2.24, 2.45) is 11.7 Å². The van der Waals surface area contributed by atoms with E-state index in [2.05, 4.69) is 0 Å². The van der Waals surface area contributed by atoms with Crippen LogP contribution in [0.2, 0.25) is 5.02 Å². The number of amides is 2. The van der Waals surface area contributed by atoms with E-state index in [0.717, 1.165) is 19.3 Å². The number of piperidine rings is 1. The molecule has 0 bridgehead atoms. The Kier molecular flexibility index (Phi) is 7.98. The van der Waals surface area contributed by atoms with Gasteiger partial charge in [-0.25, -0.2) is 0 Å². The lowest BCUT2D eigenvalue weighted by Crippen LogP contribution is -2.51. The smallest absolute Gasteiger partial charge is 0.258 e. The Balaban J connectivity index is 0.00000280. The van der Waals surface area contributed by atoms with Gasteiger partial charge in [0.25, 0.3) is 5.91 Å². The molecular formula is C20H29Cl2N3O3. The highest BCUT2D eigenvalue weighted by Gasteiger charge is 2.38. The van der Waals surface area contributed by atoms with E-state index in [-0.39, 0.29) is 30.3 Å². The first kappa shape index (κ1) is 22.8. The molecule has 156 valence electrons. The third kappa shape index (κ3) is 4.73. The number of nitrogens with zero attached hydrogens (tertiary/aromatic N) is 2. The first-order chi connectivity index (χ1) is 12.9. The second-order valence-corrected chi connectivity index (χ2v) is 7.96. The van der Waals surface area contributed by atoms with E-state index < -0.39 is 6.04 Å². The number of carbonyl (C=O) groups excluding carboxylic acids is 2. The Morgan fingerprint density at radius 1 is 1.21 bits per heavy atom. The van der Waals surface area contributed by atoms with Crippen LogP contribution in [0.25, 0.3) is 0 Å². The van der Waals surface area contributed by atoms with Gasteiger partial charge in [-0.3, -0.25) is 9.59 Å². The van der Waals surface area contributed by atoms with Gasteiger partial charge < -0.3 is 20.3 Å². The van der Waals surface area contributed by atoms with Gasteiger partial charge in [-0.05, 0) is 56.7 Å². The number of carbonyl (C=O) groups is 2. The van der Waals surface area contributed by atoms with Crippen LogP contribution in [0.4, 0.5) is 0 Å². The Labute approximate surface area is 177 Å². The van der Waals surface area contributed by atoms with E-state index in [1.165, 1.54) is 7.11 Å². The third-order valence-corrected chi connectivity index (χ3v) is 6.02. The van der Waals surface area contributed by atoms with Crippen LogP contribution >= 0.6 is 24.0 Å². The molecule has 8 heteroatoms. The Morgan fingerprint density at radius 2 is 1.89 bits per heavy atom. The molecule has 2 N–H and O–H groups in total. The fraction of sp³-hybridized carbons (Fsp3) is 0.600. The SMILES string of the molecule is COc1ccc(Cl)cc1C(=O)N1CCCC1C(=O)N1CCC(C(C)N)CC1.Cl. The first-order valence-electron chi connectivity index (χ1n) is 9.61. The molecular weight excluding hydrogens is 401 g/mol. The molecule has 0 aliphatic carbocycles. The van der Waals surface area contributed by atoms with Crippen molar-refractivity contribution in [2.75, 3.05) is 26.7 Å². The number of ether oxygens (including phenoxy) is 1. The molecule has 2 fully saturated rings. The molecule has 3 rings (SSSR count). The molecule has 1 aromatic rings. The number of likely N-dealkylation sites (tertiary alicyclic amines) is 2. The zero-order valence-corrected chi connectivity index (χ0v) is 18.0. The van der Waals surface area contributed by atoms with Crippen molar-refractivity contribution in [2.45, 2.75) is 44.7 Å². The van der Waals surface area contributed by atoms with E-state index in [4.69, 9.17) is 22.1 Å². The molecule has 2 heterocycles. The van der Waals surface area contributed by atoms with Gasteiger partial charge in [0.1, 0.15) is 11.8 Å². The molecule has 2 unspecified atom stereocenters. The van der Waals surface area contributed by atoms with Gasteiger partial charge >= 0.3 is 0 Å². The van der Waals surface area contributed by atoms with Crippen molar-refractivity contribution in [3.63, 3.8) is 0 Å². The van der Waals surface area contributed by atoms with Crippen molar-refractivity contribution in [1.82, 2.24) is 9.80 Å². The lowest BCUT2D eigenvalue weighted by Gasteiger charge is -2.36. The summed E-state index contributed by atoms with van der Waals surface area (Å²) in [4.78, 5) is 29.8. The molecule has 2 aliphatic heterocycles. The zero-order chi connectivity index (χ0) is 19.6. The van der Waals surface area contributed by atoms with Crippen LogP contribution in [-0.2, 0) is 4.79 Å². The number of halogens is 2. The van der Waals surface area contributed by atoms with Crippen molar-refractivity contribution in [3.05, 3.63) is 28.8 Å². The van der Waals surface area contributed by atoms with Gasteiger partial charge in [-0.15, -0.1) is 12.4 Å². The molecule has 1 aromatic carbocycles. The molecule has 0 saturated carbocycles. The summed E-state index contributed by atoms with van der Waals surface area (Å²) in [5.41, 5.74) is 6.40. The maximum atomic E-state index is 13.1. The van der Waals surface area contributed by atoms with Crippen LogP contribution in [0.15, 0.2) is 18.2 Å². The van der Waals surface area contributed by atoms with Crippen LogP contribution in [0.3, 0.4) is 0 Å². The van der Waals surface area contributed by atoms with Crippen molar-refractivity contribution < 1.29 is 14.3 Å². The summed E-state index contributed by atoms with van der Waals surface area (Å²) in [5, 5.41) is 0.471. The number of methoxy groups -OCH3 is 1. The summed E-state index contributed by atoms with van der Waals surface area (Å²) < 4.78 is 5.31. The Bertz CT molecular complexity index is 706. The van der Waals surface area contributed by atoms with Crippen LogP contribution in [0.1, 0.15) is 43.0 Å². The molecule has 2 saturated heterocycles. The van der Waals surface area contributed by atoms with Crippen molar-refractivity contribution in [1.29, 1.82) is 0 Å². The summed E-state index contributed by atoms with van der Waals surface area (Å²) in [7, 11) is 1.52. The topological polar surface area (TPSA) is 75.9 Å². The van der Waals surface area contributed by atoms with E-state index in [1.807, 2.05) is 11.8 Å². The highest BCUT2D eigenvalue weighted by molar-refractivity contribution is 6.31. The monoisotopic (exact) mass is 429 g/mol.